The van der Waals surface area contributed by atoms with Crippen LogP contribution in [0.4, 0.5) is 5.95 Å². The van der Waals surface area contributed by atoms with Gasteiger partial charge in [0, 0.05) is 10.6 Å². The summed E-state index contributed by atoms with van der Waals surface area (Å²) in [5, 5.41) is 5.01. The van der Waals surface area contributed by atoms with Crippen LogP contribution in [0.5, 0.6) is 5.75 Å². The van der Waals surface area contributed by atoms with E-state index in [0.29, 0.717) is 16.7 Å². The highest BCUT2D eigenvalue weighted by Crippen LogP contribution is 2.29. The Labute approximate surface area is 139 Å². The fourth-order valence-electron chi connectivity index (χ4n) is 2.14. The van der Waals surface area contributed by atoms with Crippen LogP contribution in [0, 0.1) is 0 Å². The number of anilines is 1. The lowest BCUT2D eigenvalue weighted by atomic mass is 10.1. The number of rotatable bonds is 4. The predicted octanol–water partition coefficient (Wildman–Crippen LogP) is 3.68. The maximum Gasteiger partial charge on any atom is 0.221 e. The molecule has 1 aromatic heterocycles. The van der Waals surface area contributed by atoms with Gasteiger partial charge in [0.25, 0.3) is 0 Å². The van der Waals surface area contributed by atoms with Crippen LogP contribution in [0.2, 0.25) is 5.02 Å². The molecule has 3 rings (SSSR count). The number of para-hydroxylation sites is 1. The Morgan fingerprint density at radius 3 is 2.65 bits per heavy atom. The Morgan fingerprint density at radius 1 is 1.17 bits per heavy atom. The monoisotopic (exact) mass is 326 g/mol. The largest absolute Gasteiger partial charge is 0.496 e. The van der Waals surface area contributed by atoms with E-state index >= 15 is 0 Å². The first kappa shape index (κ1) is 15.1. The molecule has 0 saturated carbocycles. The maximum atomic E-state index is 5.93. The van der Waals surface area contributed by atoms with Crippen molar-refractivity contribution in [2.24, 2.45) is 5.10 Å². The van der Waals surface area contributed by atoms with Gasteiger partial charge in [-0.05, 0) is 29.8 Å². The van der Waals surface area contributed by atoms with Crippen molar-refractivity contribution in [2.75, 3.05) is 12.8 Å². The summed E-state index contributed by atoms with van der Waals surface area (Å²) < 4.78 is 6.87. The van der Waals surface area contributed by atoms with Gasteiger partial charge in [-0.3, -0.25) is 0 Å². The predicted molar refractivity (Wildman–Crippen MR) is 93.1 cm³/mol. The van der Waals surface area contributed by atoms with Crippen molar-refractivity contribution >= 4 is 23.8 Å². The van der Waals surface area contributed by atoms with E-state index < -0.39 is 0 Å². The molecule has 23 heavy (non-hydrogen) atoms. The number of aromatic nitrogens is 2. The number of nitrogens with zero attached hydrogens (tertiary/aromatic N) is 3. The summed E-state index contributed by atoms with van der Waals surface area (Å²) in [6.07, 6.45) is 3.46. The second-order valence-electron chi connectivity index (χ2n) is 4.83. The average molecular weight is 327 g/mol. The number of ether oxygens (including phenoxy) is 1. The van der Waals surface area contributed by atoms with Gasteiger partial charge < -0.3 is 10.5 Å². The Morgan fingerprint density at radius 2 is 1.91 bits per heavy atom. The van der Waals surface area contributed by atoms with Gasteiger partial charge in [0.2, 0.25) is 5.95 Å². The highest BCUT2D eigenvalue weighted by molar-refractivity contribution is 6.30. The van der Waals surface area contributed by atoms with Crippen LogP contribution in [0.25, 0.3) is 11.3 Å². The second kappa shape index (κ2) is 6.54. The highest BCUT2D eigenvalue weighted by atomic mass is 35.5. The van der Waals surface area contributed by atoms with Crippen molar-refractivity contribution < 1.29 is 4.74 Å². The maximum absolute atomic E-state index is 5.93. The average Bonchev–Trinajstić information content (AvgIpc) is 2.95. The molecule has 0 saturated heterocycles. The van der Waals surface area contributed by atoms with Crippen LogP contribution >= 0.6 is 11.6 Å². The van der Waals surface area contributed by atoms with Crippen molar-refractivity contribution in [3.05, 3.63) is 65.3 Å². The quantitative estimate of drug-likeness (QED) is 0.744. The van der Waals surface area contributed by atoms with Crippen LogP contribution in [-0.2, 0) is 0 Å². The third-order valence-electron chi connectivity index (χ3n) is 3.30. The molecule has 6 heteroatoms. The summed E-state index contributed by atoms with van der Waals surface area (Å²) >= 11 is 5.86. The van der Waals surface area contributed by atoms with Gasteiger partial charge in [-0.25, -0.2) is 9.66 Å². The van der Waals surface area contributed by atoms with Gasteiger partial charge in [-0.1, -0.05) is 35.9 Å². The molecule has 2 N–H and O–H groups in total. The molecule has 2 aromatic carbocycles. The number of methoxy groups -OCH3 is 1. The minimum absolute atomic E-state index is 0.302. The topological polar surface area (TPSA) is 65.4 Å². The standard InChI is InChI=1S/C17H15ClN4O/c1-23-16-5-3-2-4-14(16)15-11-22(17(19)21-15)20-10-12-6-8-13(18)9-7-12/h2-11H,1H3,(H2,19,21)/b20-10+. The summed E-state index contributed by atoms with van der Waals surface area (Å²) in [5.74, 6) is 1.04. The second-order valence-corrected chi connectivity index (χ2v) is 5.26. The minimum atomic E-state index is 0.302. The molecule has 0 amide bonds. The van der Waals surface area contributed by atoms with Crippen LogP contribution in [0.3, 0.4) is 0 Å². The van der Waals surface area contributed by atoms with Crippen LogP contribution in [0.15, 0.2) is 59.8 Å². The van der Waals surface area contributed by atoms with E-state index in [9.17, 15) is 0 Å². The fraction of sp³-hybridized carbons (Fsp3) is 0.0588. The lowest BCUT2D eigenvalue weighted by Gasteiger charge is -2.04. The van der Waals surface area contributed by atoms with E-state index in [4.69, 9.17) is 22.1 Å². The normalized spacial score (nSPS) is 11.0. The van der Waals surface area contributed by atoms with Gasteiger partial charge in [-0.2, -0.15) is 5.10 Å². The lowest BCUT2D eigenvalue weighted by molar-refractivity contribution is 0.416. The molecule has 0 radical (unpaired) electrons. The van der Waals surface area contributed by atoms with E-state index in [1.54, 1.807) is 31.7 Å². The molecule has 5 nitrogen and oxygen atoms in total. The summed E-state index contributed by atoms with van der Waals surface area (Å²) in [5.41, 5.74) is 8.42. The molecule has 116 valence electrons. The molecule has 0 fully saturated rings. The number of halogens is 1. The number of nitrogen functional groups attached to an aromatic ring is 1. The molecule has 0 unspecified atom stereocenters. The Bertz CT molecular complexity index is 840. The van der Waals surface area contributed by atoms with Crippen molar-refractivity contribution in [3.63, 3.8) is 0 Å². The van der Waals surface area contributed by atoms with E-state index in [1.165, 1.54) is 4.68 Å². The van der Waals surface area contributed by atoms with E-state index in [-0.39, 0.29) is 0 Å². The Hall–Kier alpha value is -2.79. The summed E-state index contributed by atoms with van der Waals surface area (Å²) in [6.45, 7) is 0. The van der Waals surface area contributed by atoms with Crippen molar-refractivity contribution in [2.45, 2.75) is 0 Å². The van der Waals surface area contributed by atoms with Crippen LogP contribution in [-0.4, -0.2) is 23.0 Å². The van der Waals surface area contributed by atoms with E-state index in [2.05, 4.69) is 10.1 Å². The first-order valence-corrected chi connectivity index (χ1v) is 7.33. The summed E-state index contributed by atoms with van der Waals surface area (Å²) in [6, 6.07) is 15.0. The van der Waals surface area contributed by atoms with Gasteiger partial charge in [-0.15, -0.1) is 0 Å². The zero-order valence-corrected chi connectivity index (χ0v) is 13.2. The van der Waals surface area contributed by atoms with Crippen LogP contribution in [0.1, 0.15) is 5.56 Å². The smallest absolute Gasteiger partial charge is 0.221 e. The van der Waals surface area contributed by atoms with Gasteiger partial charge >= 0.3 is 0 Å². The Kier molecular flexibility index (Phi) is 4.30. The molecule has 0 bridgehead atoms. The number of hydrogen-bond acceptors (Lipinski definition) is 4. The number of hydrogen-bond donors (Lipinski definition) is 1. The molecule has 0 aliphatic heterocycles. The highest BCUT2D eigenvalue weighted by Gasteiger charge is 2.10. The third-order valence-corrected chi connectivity index (χ3v) is 3.55. The molecule has 0 spiro atoms. The SMILES string of the molecule is COc1ccccc1-c1cn(/N=C/c2ccc(Cl)cc2)c(N)n1. The molecule has 1 heterocycles. The molecule has 0 aliphatic rings. The van der Waals surface area contributed by atoms with Crippen molar-refractivity contribution in [3.8, 4) is 17.0 Å². The zero-order chi connectivity index (χ0) is 16.2. The summed E-state index contributed by atoms with van der Waals surface area (Å²) in [4.78, 5) is 4.34. The number of nitrogens with two attached hydrogens (primary N) is 1. The van der Waals surface area contributed by atoms with Crippen molar-refractivity contribution in [1.29, 1.82) is 0 Å². The van der Waals surface area contributed by atoms with E-state index in [1.807, 2.05) is 36.4 Å². The third kappa shape index (κ3) is 3.35. The van der Waals surface area contributed by atoms with E-state index in [0.717, 1.165) is 16.9 Å². The number of imidazole rings is 1. The fourth-order valence-corrected chi connectivity index (χ4v) is 2.27. The van der Waals surface area contributed by atoms with Crippen molar-refractivity contribution in [1.82, 2.24) is 9.66 Å². The van der Waals surface area contributed by atoms with Crippen LogP contribution < -0.4 is 10.5 Å². The first-order valence-electron chi connectivity index (χ1n) is 6.95. The van der Waals surface area contributed by atoms with Gasteiger partial charge in [0.1, 0.15) is 5.75 Å². The molecule has 3 aromatic rings. The first-order chi connectivity index (χ1) is 11.2. The molecular formula is C17H15ClN4O. The zero-order valence-electron chi connectivity index (χ0n) is 12.5. The molecular weight excluding hydrogens is 312 g/mol. The molecule has 0 atom stereocenters. The Balaban J connectivity index is 1.90. The minimum Gasteiger partial charge on any atom is -0.496 e. The lowest BCUT2D eigenvalue weighted by Crippen LogP contribution is -1.96. The summed E-state index contributed by atoms with van der Waals surface area (Å²) in [7, 11) is 1.62. The number of benzene rings is 2. The molecule has 0 aliphatic carbocycles. The van der Waals surface area contributed by atoms with Gasteiger partial charge in [0.05, 0.1) is 25.2 Å². The van der Waals surface area contributed by atoms with Gasteiger partial charge in [0.15, 0.2) is 0 Å².